The summed E-state index contributed by atoms with van der Waals surface area (Å²) in [4.78, 5) is 12.6. The van der Waals surface area contributed by atoms with E-state index in [1.54, 1.807) is 37.8 Å². The third kappa shape index (κ3) is 4.82. The Balaban J connectivity index is 1.71. The number of nitrogens with zero attached hydrogens (tertiary/aromatic N) is 7. The molecule has 1 aromatic carbocycles. The fraction of sp³-hybridized carbons (Fsp3) is 0.304. The van der Waals surface area contributed by atoms with Gasteiger partial charge in [-0.1, -0.05) is 6.07 Å². The van der Waals surface area contributed by atoms with Gasteiger partial charge in [-0.15, -0.1) is 21.5 Å². The number of aryl methyl sites for hydroxylation is 1. The van der Waals surface area contributed by atoms with Gasteiger partial charge in [0.15, 0.2) is 22.3 Å². The highest BCUT2D eigenvalue weighted by Gasteiger charge is 2.37. The number of alkyl halides is 1. The normalized spacial score (nSPS) is 13.5. The Labute approximate surface area is 215 Å². The van der Waals surface area contributed by atoms with Gasteiger partial charge in [-0.2, -0.15) is 5.26 Å². The number of nitrogens with one attached hydrogen (secondary N) is 1. The summed E-state index contributed by atoms with van der Waals surface area (Å²) in [5, 5.41) is 19.6. The molecule has 2 atom stereocenters. The first-order valence-corrected chi connectivity index (χ1v) is 12.5. The molecule has 4 aromatic rings. The molecule has 0 saturated carbocycles. The molecule has 10 nitrogen and oxygen atoms in total. The van der Waals surface area contributed by atoms with E-state index in [4.69, 9.17) is 14.7 Å². The van der Waals surface area contributed by atoms with Crippen LogP contribution in [0.1, 0.15) is 30.9 Å². The lowest BCUT2D eigenvalue weighted by Gasteiger charge is -2.25. The highest BCUT2D eigenvalue weighted by Crippen LogP contribution is 2.40. The van der Waals surface area contributed by atoms with Crippen LogP contribution >= 0.6 is 23.3 Å². The lowest BCUT2D eigenvalue weighted by atomic mass is 10.0. The summed E-state index contributed by atoms with van der Waals surface area (Å²) in [6.07, 6.45) is 2.61. The number of anilines is 1. The number of methoxy groups -OCH3 is 2. The summed E-state index contributed by atoms with van der Waals surface area (Å²) >= 11 is 2.53. The Hall–Kier alpha value is -3.76. The van der Waals surface area contributed by atoms with Crippen molar-refractivity contribution in [3.05, 3.63) is 53.1 Å². The second kappa shape index (κ2) is 10.5. The van der Waals surface area contributed by atoms with Gasteiger partial charge in [0.2, 0.25) is 5.95 Å². The van der Waals surface area contributed by atoms with Crippen LogP contribution in [0.15, 0.2) is 36.0 Å². The molecule has 0 amide bonds. The monoisotopic (exact) mass is 526 g/mol. The topological polar surface area (TPSA) is 124 Å². The molecule has 0 radical (unpaired) electrons. The van der Waals surface area contributed by atoms with Crippen LogP contribution in [-0.4, -0.2) is 49.2 Å². The van der Waals surface area contributed by atoms with Crippen molar-refractivity contribution in [1.82, 2.24) is 29.7 Å². The predicted octanol–water partition coefficient (Wildman–Crippen LogP) is 4.71. The van der Waals surface area contributed by atoms with E-state index >= 15 is 4.39 Å². The Morgan fingerprint density at radius 3 is 2.42 bits per heavy atom. The maximum atomic E-state index is 15.7. The fourth-order valence-corrected chi connectivity index (χ4v) is 4.79. The van der Waals surface area contributed by atoms with Crippen molar-refractivity contribution >= 4 is 29.2 Å². The summed E-state index contributed by atoms with van der Waals surface area (Å²) in [5.74, 6) is 1.85. The average molecular weight is 527 g/mol. The number of para-hydroxylation sites is 1. The highest BCUT2D eigenvalue weighted by molar-refractivity contribution is 8.01. The minimum Gasteiger partial charge on any atom is -0.494 e. The summed E-state index contributed by atoms with van der Waals surface area (Å²) < 4.78 is 31.8. The summed E-state index contributed by atoms with van der Waals surface area (Å²) in [7, 11) is 3.12. The lowest BCUT2D eigenvalue weighted by Crippen LogP contribution is -2.30. The molecule has 0 aliphatic rings. The van der Waals surface area contributed by atoms with E-state index < -0.39 is 10.9 Å². The van der Waals surface area contributed by atoms with Crippen LogP contribution < -0.4 is 14.2 Å². The Morgan fingerprint density at radius 1 is 1.19 bits per heavy atom. The average Bonchev–Trinajstić information content (AvgIpc) is 3.52. The molecule has 0 aliphatic carbocycles. The minimum absolute atomic E-state index is 0.0184. The van der Waals surface area contributed by atoms with Gasteiger partial charge in [0.25, 0.3) is 0 Å². The molecule has 186 valence electrons. The van der Waals surface area contributed by atoms with E-state index in [0.717, 1.165) is 17.6 Å². The number of benzene rings is 1. The third-order valence-corrected chi connectivity index (χ3v) is 7.46. The number of hydrogen-bond acceptors (Lipinski definition) is 11. The quantitative estimate of drug-likeness (QED) is 0.307. The van der Waals surface area contributed by atoms with Gasteiger partial charge in [-0.3, -0.25) is 9.29 Å². The number of nitriles is 1. The molecule has 0 fully saturated rings. The van der Waals surface area contributed by atoms with Gasteiger partial charge in [0.05, 0.1) is 25.0 Å². The summed E-state index contributed by atoms with van der Waals surface area (Å²) in [6, 6.07) is 7.35. The SMILES string of the molecule is COc1cccc(OC)c1-n1c(NSC(C)C(C)(F)c2ncc(C#N)cn2)nnc1-c1nc(C)cs1. The number of ether oxygens (including phenoxy) is 2. The standard InChI is InChI=1S/C23H23FN8O2S2/c1-13-12-35-20(28-13)19-29-30-22(32(19)18-16(33-4)7-6-8-17(18)34-5)31-36-14(2)23(3,24)21-26-10-15(9-25)11-27-21/h6-8,10-12,14H,1-5H3,(H,30,31). The van der Waals surface area contributed by atoms with E-state index in [1.807, 2.05) is 24.4 Å². The number of halogens is 1. The van der Waals surface area contributed by atoms with Crippen molar-refractivity contribution in [3.63, 3.8) is 0 Å². The van der Waals surface area contributed by atoms with Crippen LogP contribution in [-0.2, 0) is 5.67 Å². The van der Waals surface area contributed by atoms with Crippen LogP contribution in [0.5, 0.6) is 11.5 Å². The molecule has 0 saturated heterocycles. The lowest BCUT2D eigenvalue weighted by molar-refractivity contribution is 0.179. The van der Waals surface area contributed by atoms with E-state index in [1.165, 1.54) is 30.7 Å². The van der Waals surface area contributed by atoms with Crippen LogP contribution in [0.25, 0.3) is 16.5 Å². The molecule has 36 heavy (non-hydrogen) atoms. The zero-order valence-electron chi connectivity index (χ0n) is 20.2. The van der Waals surface area contributed by atoms with Gasteiger partial charge >= 0.3 is 0 Å². The molecule has 0 aliphatic heterocycles. The summed E-state index contributed by atoms with van der Waals surface area (Å²) in [6.45, 7) is 4.99. The second-order valence-electron chi connectivity index (χ2n) is 7.83. The number of rotatable bonds is 9. The Bertz CT molecular complexity index is 1380. The highest BCUT2D eigenvalue weighted by atomic mass is 32.2. The first kappa shape index (κ1) is 25.3. The predicted molar refractivity (Wildman–Crippen MR) is 136 cm³/mol. The van der Waals surface area contributed by atoms with Crippen LogP contribution in [0.2, 0.25) is 0 Å². The molecule has 1 N–H and O–H groups in total. The van der Waals surface area contributed by atoms with Crippen molar-refractivity contribution in [2.75, 3.05) is 18.9 Å². The molecule has 13 heteroatoms. The molecule has 3 heterocycles. The first-order chi connectivity index (χ1) is 17.3. The molecular formula is C23H23FN8O2S2. The van der Waals surface area contributed by atoms with E-state index in [0.29, 0.717) is 34.0 Å². The Morgan fingerprint density at radius 2 is 1.86 bits per heavy atom. The second-order valence-corrected chi connectivity index (χ2v) is 9.84. The smallest absolute Gasteiger partial charge is 0.239 e. The van der Waals surface area contributed by atoms with Crippen LogP contribution in [0.4, 0.5) is 10.3 Å². The zero-order chi connectivity index (χ0) is 25.9. The molecule has 3 aromatic heterocycles. The number of aromatic nitrogens is 6. The largest absolute Gasteiger partial charge is 0.494 e. The third-order valence-electron chi connectivity index (χ3n) is 5.41. The van der Waals surface area contributed by atoms with Crippen molar-refractivity contribution in [3.8, 4) is 34.1 Å². The minimum atomic E-state index is -1.91. The van der Waals surface area contributed by atoms with Crippen molar-refractivity contribution in [2.45, 2.75) is 31.7 Å². The van der Waals surface area contributed by atoms with Gasteiger partial charge in [0, 0.05) is 23.5 Å². The van der Waals surface area contributed by atoms with Crippen LogP contribution in [0.3, 0.4) is 0 Å². The van der Waals surface area contributed by atoms with E-state index in [2.05, 4.69) is 29.9 Å². The van der Waals surface area contributed by atoms with Gasteiger partial charge in [-0.05, 0) is 44.9 Å². The van der Waals surface area contributed by atoms with Crippen molar-refractivity contribution in [2.24, 2.45) is 0 Å². The maximum absolute atomic E-state index is 15.7. The molecule has 2 unspecified atom stereocenters. The van der Waals surface area contributed by atoms with E-state index in [-0.39, 0.29) is 11.4 Å². The Kier molecular flexibility index (Phi) is 7.37. The summed E-state index contributed by atoms with van der Waals surface area (Å²) in [5.41, 5.74) is -0.223. The van der Waals surface area contributed by atoms with Crippen LogP contribution in [0, 0.1) is 18.3 Å². The van der Waals surface area contributed by atoms with Gasteiger partial charge < -0.3 is 9.47 Å². The van der Waals surface area contributed by atoms with Gasteiger partial charge in [-0.25, -0.2) is 19.3 Å². The fourth-order valence-electron chi connectivity index (χ4n) is 3.28. The van der Waals surface area contributed by atoms with Crippen molar-refractivity contribution < 1.29 is 13.9 Å². The van der Waals surface area contributed by atoms with Gasteiger partial charge in [0.1, 0.15) is 23.3 Å². The first-order valence-electron chi connectivity index (χ1n) is 10.7. The number of thiazole rings is 1. The molecule has 0 spiro atoms. The molecule has 0 bridgehead atoms. The van der Waals surface area contributed by atoms with Crippen molar-refractivity contribution in [1.29, 1.82) is 5.26 Å². The number of hydrogen-bond donors (Lipinski definition) is 1. The van der Waals surface area contributed by atoms with E-state index in [9.17, 15) is 0 Å². The molecular weight excluding hydrogens is 503 g/mol. The maximum Gasteiger partial charge on any atom is 0.239 e. The molecule has 4 rings (SSSR count). The zero-order valence-corrected chi connectivity index (χ0v) is 21.8.